The van der Waals surface area contributed by atoms with Gasteiger partial charge in [0.25, 0.3) is 0 Å². The lowest BCUT2D eigenvalue weighted by Crippen LogP contribution is -2.13. The van der Waals surface area contributed by atoms with Crippen molar-refractivity contribution in [3.05, 3.63) is 28.9 Å². The van der Waals surface area contributed by atoms with Crippen molar-refractivity contribution in [3.63, 3.8) is 0 Å². The van der Waals surface area contributed by atoms with E-state index in [4.69, 9.17) is 4.74 Å². The fourth-order valence-corrected chi connectivity index (χ4v) is 1.93. The molecule has 0 unspecified atom stereocenters. The van der Waals surface area contributed by atoms with E-state index in [9.17, 15) is 4.79 Å². The molecule has 0 aliphatic carbocycles. The van der Waals surface area contributed by atoms with Gasteiger partial charge in [-0.15, -0.1) is 0 Å². The van der Waals surface area contributed by atoms with Gasteiger partial charge in [-0.05, 0) is 19.1 Å². The van der Waals surface area contributed by atoms with Crippen molar-refractivity contribution in [2.45, 2.75) is 13.5 Å². The third-order valence-corrected chi connectivity index (χ3v) is 2.83. The Labute approximate surface area is 101 Å². The molecule has 0 bridgehead atoms. The summed E-state index contributed by atoms with van der Waals surface area (Å²) in [4.78, 5) is 11.3. The molecule has 0 aliphatic rings. The summed E-state index contributed by atoms with van der Waals surface area (Å²) >= 11 is 3.44. The molecule has 0 atom stereocenters. The minimum absolute atomic E-state index is 0.148. The standard InChI is InChI=1S/C11H11BrN2O2/c1-2-16-11(15)7-14-6-8-9(12)4-3-5-10(8)13-14/h3-6H,2,7H2,1H3. The number of benzene rings is 1. The van der Waals surface area contributed by atoms with Crippen LogP contribution in [0.5, 0.6) is 0 Å². The van der Waals surface area contributed by atoms with Gasteiger partial charge in [-0.1, -0.05) is 22.0 Å². The number of hydrogen-bond acceptors (Lipinski definition) is 3. The lowest BCUT2D eigenvalue weighted by atomic mass is 10.3. The van der Waals surface area contributed by atoms with E-state index in [1.165, 1.54) is 0 Å². The Bertz CT molecular complexity index is 522. The smallest absolute Gasteiger partial charge is 0.327 e. The van der Waals surface area contributed by atoms with Crippen LogP contribution in [0.3, 0.4) is 0 Å². The van der Waals surface area contributed by atoms with Gasteiger partial charge < -0.3 is 4.74 Å². The summed E-state index contributed by atoms with van der Waals surface area (Å²) in [7, 11) is 0. The zero-order chi connectivity index (χ0) is 11.5. The molecule has 0 N–H and O–H groups in total. The maximum atomic E-state index is 11.3. The van der Waals surface area contributed by atoms with E-state index in [1.807, 2.05) is 24.4 Å². The summed E-state index contributed by atoms with van der Waals surface area (Å²) in [5.74, 6) is -0.272. The quantitative estimate of drug-likeness (QED) is 0.812. The van der Waals surface area contributed by atoms with Crippen LogP contribution >= 0.6 is 15.9 Å². The zero-order valence-corrected chi connectivity index (χ0v) is 10.4. The number of ether oxygens (including phenoxy) is 1. The predicted molar refractivity (Wildman–Crippen MR) is 64.1 cm³/mol. The molecule has 84 valence electrons. The molecule has 0 saturated heterocycles. The highest BCUT2D eigenvalue weighted by Gasteiger charge is 2.07. The van der Waals surface area contributed by atoms with Crippen molar-refractivity contribution in [2.24, 2.45) is 0 Å². The molecule has 2 rings (SSSR count). The van der Waals surface area contributed by atoms with Crippen LogP contribution in [0.4, 0.5) is 0 Å². The van der Waals surface area contributed by atoms with Crippen LogP contribution in [0, 0.1) is 0 Å². The Morgan fingerprint density at radius 1 is 1.56 bits per heavy atom. The first kappa shape index (κ1) is 11.1. The molecule has 0 fully saturated rings. The molecule has 0 spiro atoms. The highest BCUT2D eigenvalue weighted by Crippen LogP contribution is 2.22. The highest BCUT2D eigenvalue weighted by molar-refractivity contribution is 9.10. The Kier molecular flexibility index (Phi) is 3.24. The number of esters is 1. The van der Waals surface area contributed by atoms with E-state index in [-0.39, 0.29) is 12.5 Å². The lowest BCUT2D eigenvalue weighted by Gasteiger charge is -2.00. The maximum absolute atomic E-state index is 11.3. The van der Waals surface area contributed by atoms with Crippen LogP contribution < -0.4 is 0 Å². The monoisotopic (exact) mass is 282 g/mol. The number of carbonyl (C=O) groups is 1. The first-order chi connectivity index (χ1) is 7.70. The summed E-state index contributed by atoms with van der Waals surface area (Å²) in [5, 5.41) is 5.27. The topological polar surface area (TPSA) is 44.1 Å². The van der Waals surface area contributed by atoms with E-state index in [2.05, 4.69) is 21.0 Å². The number of carbonyl (C=O) groups excluding carboxylic acids is 1. The molecule has 1 heterocycles. The minimum Gasteiger partial charge on any atom is -0.465 e. The first-order valence-corrected chi connectivity index (χ1v) is 5.77. The van der Waals surface area contributed by atoms with Crippen molar-refractivity contribution >= 4 is 32.8 Å². The molecule has 16 heavy (non-hydrogen) atoms. The van der Waals surface area contributed by atoms with Gasteiger partial charge in [0.1, 0.15) is 6.54 Å². The van der Waals surface area contributed by atoms with E-state index in [0.717, 1.165) is 15.4 Å². The van der Waals surface area contributed by atoms with Gasteiger partial charge in [-0.3, -0.25) is 9.48 Å². The van der Waals surface area contributed by atoms with Crippen LogP contribution in [0.1, 0.15) is 6.92 Å². The van der Waals surface area contributed by atoms with E-state index in [1.54, 1.807) is 11.6 Å². The maximum Gasteiger partial charge on any atom is 0.327 e. The molecule has 4 nitrogen and oxygen atoms in total. The second-order valence-corrected chi connectivity index (χ2v) is 4.16. The summed E-state index contributed by atoms with van der Waals surface area (Å²) < 4.78 is 7.42. The molecule has 5 heteroatoms. The van der Waals surface area contributed by atoms with Crippen molar-refractivity contribution < 1.29 is 9.53 Å². The Balaban J connectivity index is 2.26. The van der Waals surface area contributed by atoms with Gasteiger partial charge in [0, 0.05) is 16.1 Å². The van der Waals surface area contributed by atoms with E-state index < -0.39 is 0 Å². The molecule has 2 aromatic rings. The molecule has 1 aromatic carbocycles. The normalized spacial score (nSPS) is 10.6. The van der Waals surface area contributed by atoms with Crippen LogP contribution in [0.25, 0.3) is 10.9 Å². The first-order valence-electron chi connectivity index (χ1n) is 4.98. The second-order valence-electron chi connectivity index (χ2n) is 3.30. The number of aromatic nitrogens is 2. The second kappa shape index (κ2) is 4.65. The molecule has 0 saturated carbocycles. The highest BCUT2D eigenvalue weighted by atomic mass is 79.9. The lowest BCUT2D eigenvalue weighted by molar-refractivity contribution is -0.144. The summed E-state index contributed by atoms with van der Waals surface area (Å²) in [6.45, 7) is 2.33. The molecule has 0 aliphatic heterocycles. The Hall–Kier alpha value is -1.36. The van der Waals surface area contributed by atoms with Crippen LogP contribution in [0.15, 0.2) is 28.9 Å². The van der Waals surface area contributed by atoms with E-state index in [0.29, 0.717) is 6.61 Å². The number of rotatable bonds is 3. The fourth-order valence-electron chi connectivity index (χ4n) is 1.48. The average molecular weight is 283 g/mol. The minimum atomic E-state index is -0.272. The fraction of sp³-hybridized carbons (Fsp3) is 0.273. The molecule has 1 aromatic heterocycles. The molecular formula is C11H11BrN2O2. The summed E-state index contributed by atoms with van der Waals surface area (Å²) in [6, 6.07) is 5.76. The predicted octanol–water partition coefficient (Wildman–Crippen LogP) is 2.36. The van der Waals surface area contributed by atoms with Crippen molar-refractivity contribution in [1.82, 2.24) is 9.78 Å². The number of fused-ring (bicyclic) bond motifs is 1. The van der Waals surface area contributed by atoms with Crippen LogP contribution in [0.2, 0.25) is 0 Å². The van der Waals surface area contributed by atoms with Gasteiger partial charge in [0.05, 0.1) is 12.1 Å². The Morgan fingerprint density at radius 2 is 2.38 bits per heavy atom. The van der Waals surface area contributed by atoms with Gasteiger partial charge >= 0.3 is 5.97 Å². The number of halogens is 1. The summed E-state index contributed by atoms with van der Waals surface area (Å²) in [5.41, 5.74) is 0.860. The Morgan fingerprint density at radius 3 is 3.06 bits per heavy atom. The third-order valence-electron chi connectivity index (χ3n) is 2.14. The summed E-state index contributed by atoms with van der Waals surface area (Å²) in [6.07, 6.45) is 1.83. The third kappa shape index (κ3) is 2.24. The number of hydrogen-bond donors (Lipinski definition) is 0. The van der Waals surface area contributed by atoms with E-state index >= 15 is 0 Å². The van der Waals surface area contributed by atoms with Gasteiger partial charge in [0.15, 0.2) is 0 Å². The molecular weight excluding hydrogens is 272 g/mol. The van der Waals surface area contributed by atoms with Crippen molar-refractivity contribution in [2.75, 3.05) is 6.61 Å². The van der Waals surface area contributed by atoms with Gasteiger partial charge in [-0.25, -0.2) is 0 Å². The number of nitrogens with zero attached hydrogens (tertiary/aromatic N) is 2. The van der Waals surface area contributed by atoms with Crippen molar-refractivity contribution in [1.29, 1.82) is 0 Å². The zero-order valence-electron chi connectivity index (χ0n) is 8.81. The SMILES string of the molecule is CCOC(=O)Cn1cc2c(Br)cccc2n1. The molecule has 0 amide bonds. The van der Waals surface area contributed by atoms with Crippen LogP contribution in [-0.2, 0) is 16.1 Å². The van der Waals surface area contributed by atoms with Gasteiger partial charge in [-0.2, -0.15) is 5.10 Å². The van der Waals surface area contributed by atoms with Gasteiger partial charge in [0.2, 0.25) is 0 Å². The molecule has 0 radical (unpaired) electrons. The average Bonchev–Trinajstić information content (AvgIpc) is 2.62. The van der Waals surface area contributed by atoms with Crippen LogP contribution in [-0.4, -0.2) is 22.4 Å². The van der Waals surface area contributed by atoms with Crippen molar-refractivity contribution in [3.8, 4) is 0 Å². The largest absolute Gasteiger partial charge is 0.465 e.